The Bertz CT molecular complexity index is 1040. The molecule has 0 bridgehead atoms. The molecular weight excluding hydrogens is 434 g/mol. The molecule has 0 aliphatic heterocycles. The molecule has 0 saturated heterocycles. The smallest absolute Gasteiger partial charge is 0.344 e. The molecule has 0 unspecified atom stereocenters. The molecule has 188 valence electrons. The van der Waals surface area contributed by atoms with E-state index in [1.807, 2.05) is 23.6 Å². The average molecular weight is 475 g/mol. The number of benzene rings is 1. The topological polar surface area (TPSA) is 101 Å². The van der Waals surface area contributed by atoms with Gasteiger partial charge in [0, 0.05) is 18.7 Å². The number of carbonyl (C=O) groups is 3. The Morgan fingerprint density at radius 2 is 1.68 bits per heavy atom. The van der Waals surface area contributed by atoms with Gasteiger partial charge in [0.2, 0.25) is 0 Å². The van der Waals surface area contributed by atoms with Crippen LogP contribution < -0.4 is 10.5 Å². The quantitative estimate of drug-likeness (QED) is 0.219. The van der Waals surface area contributed by atoms with Crippen LogP contribution in [0.1, 0.15) is 64.0 Å². The maximum Gasteiger partial charge on any atom is 0.344 e. The number of nitrogens with two attached hydrogens (primary N) is 1. The van der Waals surface area contributed by atoms with E-state index in [0.29, 0.717) is 23.4 Å². The predicted molar refractivity (Wildman–Crippen MR) is 133 cm³/mol. The molecular formula is C26H40N3O5+. The Morgan fingerprint density at radius 1 is 1.06 bits per heavy atom. The number of aromatic nitrogens is 1. The van der Waals surface area contributed by atoms with Crippen molar-refractivity contribution in [1.29, 1.82) is 0 Å². The molecule has 0 radical (unpaired) electrons. The number of ketones is 1. The minimum absolute atomic E-state index is 0.226. The summed E-state index contributed by atoms with van der Waals surface area (Å²) in [6.07, 6.45) is 0.910. The van der Waals surface area contributed by atoms with Gasteiger partial charge in [0.25, 0.3) is 11.7 Å². The van der Waals surface area contributed by atoms with Crippen LogP contribution in [0.2, 0.25) is 0 Å². The number of hydrogen-bond donors (Lipinski definition) is 1. The third-order valence-electron chi connectivity index (χ3n) is 6.55. The van der Waals surface area contributed by atoms with Crippen LogP contribution in [-0.4, -0.2) is 65.1 Å². The molecule has 1 amide bonds. The molecule has 8 nitrogen and oxygen atoms in total. The molecule has 0 aliphatic rings. The Balaban J connectivity index is 2.45. The van der Waals surface area contributed by atoms with Gasteiger partial charge in [-0.3, -0.25) is 9.59 Å². The number of quaternary nitrogens is 1. The lowest BCUT2D eigenvalue weighted by molar-refractivity contribution is -0.923. The third-order valence-corrected chi connectivity index (χ3v) is 6.55. The van der Waals surface area contributed by atoms with Crippen molar-refractivity contribution in [1.82, 2.24) is 4.57 Å². The highest BCUT2D eigenvalue weighted by atomic mass is 16.6. The van der Waals surface area contributed by atoms with Gasteiger partial charge in [0.05, 0.1) is 42.6 Å². The van der Waals surface area contributed by atoms with Crippen molar-refractivity contribution in [3.63, 3.8) is 0 Å². The summed E-state index contributed by atoms with van der Waals surface area (Å²) in [6.45, 7) is 18.4. The fourth-order valence-electron chi connectivity index (χ4n) is 4.52. The number of amides is 1. The van der Waals surface area contributed by atoms with Crippen LogP contribution in [0.5, 0.6) is 5.75 Å². The monoisotopic (exact) mass is 474 g/mol. The molecule has 34 heavy (non-hydrogen) atoms. The number of nitrogens with zero attached hydrogens (tertiary/aromatic N) is 2. The largest absolute Gasteiger partial charge is 0.481 e. The second kappa shape index (κ2) is 11.0. The number of primary amides is 1. The number of ether oxygens (including phenoxy) is 2. The summed E-state index contributed by atoms with van der Waals surface area (Å²) < 4.78 is 14.2. The summed E-state index contributed by atoms with van der Waals surface area (Å²) in [5, 5.41) is 0.495. The number of aryl methyl sites for hydroxylation is 1. The van der Waals surface area contributed by atoms with E-state index in [1.165, 1.54) is 0 Å². The minimum atomic E-state index is -1.03. The van der Waals surface area contributed by atoms with Gasteiger partial charge in [0.15, 0.2) is 6.61 Å². The molecule has 0 aliphatic carbocycles. The lowest BCUT2D eigenvalue weighted by Gasteiger charge is -2.36. The van der Waals surface area contributed by atoms with Crippen LogP contribution in [0.4, 0.5) is 0 Å². The third kappa shape index (κ3) is 6.17. The van der Waals surface area contributed by atoms with E-state index in [4.69, 9.17) is 15.2 Å². The number of carbonyl (C=O) groups excluding carboxylic acids is 3. The van der Waals surface area contributed by atoms with E-state index < -0.39 is 23.3 Å². The molecule has 8 heteroatoms. The maximum absolute atomic E-state index is 12.8. The van der Waals surface area contributed by atoms with Gasteiger partial charge < -0.3 is 24.3 Å². The zero-order valence-corrected chi connectivity index (χ0v) is 21.7. The van der Waals surface area contributed by atoms with Gasteiger partial charge in [-0.1, -0.05) is 6.07 Å². The second-order valence-electron chi connectivity index (χ2n) is 9.70. The van der Waals surface area contributed by atoms with Crippen LogP contribution >= 0.6 is 0 Å². The normalized spacial score (nSPS) is 12.1. The number of hydrogen-bond acceptors (Lipinski definition) is 5. The van der Waals surface area contributed by atoms with E-state index in [1.54, 1.807) is 26.8 Å². The van der Waals surface area contributed by atoms with Crippen molar-refractivity contribution >= 4 is 28.6 Å². The van der Waals surface area contributed by atoms with E-state index in [-0.39, 0.29) is 12.2 Å². The summed E-state index contributed by atoms with van der Waals surface area (Å²) in [6, 6.07) is 5.38. The first-order valence-electron chi connectivity index (χ1n) is 12.0. The molecule has 2 rings (SSSR count). The van der Waals surface area contributed by atoms with Gasteiger partial charge in [-0.05, 0) is 60.6 Å². The predicted octanol–water partition coefficient (Wildman–Crippen LogP) is 3.60. The Hall–Kier alpha value is -2.87. The molecule has 1 aromatic heterocycles. The van der Waals surface area contributed by atoms with E-state index >= 15 is 0 Å². The van der Waals surface area contributed by atoms with Gasteiger partial charge in [0.1, 0.15) is 11.4 Å². The number of fused-ring (bicyclic) bond motifs is 1. The SMILES string of the molecule is CC[N+](CC)(CC)CCCn1c(C)c(C(=O)C(N)=O)c2c(OCC(=O)OC(C)(C)C)cccc21. The fraction of sp³-hybridized carbons (Fsp3) is 0.577. The van der Waals surface area contributed by atoms with Crippen LogP contribution in [0.15, 0.2) is 18.2 Å². The van der Waals surface area contributed by atoms with Gasteiger partial charge >= 0.3 is 5.97 Å². The van der Waals surface area contributed by atoms with Crippen LogP contribution in [0, 0.1) is 6.92 Å². The summed E-state index contributed by atoms with van der Waals surface area (Å²) in [4.78, 5) is 36.8. The lowest BCUT2D eigenvalue weighted by atomic mass is 10.1. The number of Topliss-reactive ketones (excluding diaryl/α,β-unsaturated/α-hetero) is 1. The number of esters is 1. The molecule has 0 saturated carbocycles. The van der Waals surface area contributed by atoms with E-state index in [0.717, 1.165) is 42.6 Å². The van der Waals surface area contributed by atoms with E-state index in [2.05, 4.69) is 20.8 Å². The fourth-order valence-corrected chi connectivity index (χ4v) is 4.52. The van der Waals surface area contributed by atoms with E-state index in [9.17, 15) is 14.4 Å². The van der Waals surface area contributed by atoms with Crippen LogP contribution in [0.25, 0.3) is 10.9 Å². The van der Waals surface area contributed by atoms with Crippen molar-refractivity contribution in [3.05, 3.63) is 29.5 Å². The molecule has 1 aromatic carbocycles. The molecule has 0 atom stereocenters. The Kier molecular flexibility index (Phi) is 8.89. The van der Waals surface area contributed by atoms with Crippen molar-refractivity contribution < 1.29 is 28.3 Å². The van der Waals surface area contributed by atoms with Crippen molar-refractivity contribution in [2.24, 2.45) is 5.73 Å². The van der Waals surface area contributed by atoms with Crippen LogP contribution in [0.3, 0.4) is 0 Å². The highest BCUT2D eigenvalue weighted by molar-refractivity contribution is 6.45. The van der Waals surface area contributed by atoms with Gasteiger partial charge in [-0.15, -0.1) is 0 Å². The highest BCUT2D eigenvalue weighted by Gasteiger charge is 2.27. The first kappa shape index (κ1) is 27.4. The molecule has 2 N–H and O–H groups in total. The maximum atomic E-state index is 12.8. The minimum Gasteiger partial charge on any atom is -0.481 e. The summed E-state index contributed by atoms with van der Waals surface area (Å²) in [5.74, 6) is -1.97. The number of rotatable bonds is 12. The lowest BCUT2D eigenvalue weighted by Crippen LogP contribution is -2.48. The standard InChI is InChI=1S/C26H39N3O5/c1-8-29(9-2,10-3)16-12-15-28-18(4)22(24(31)25(27)32)23-19(28)13-11-14-20(23)33-17-21(30)34-26(5,6)7/h11,13-14H,8-10,12,15-17H2,1-7H3,(H-,27,32)/p+1. The summed E-state index contributed by atoms with van der Waals surface area (Å²) in [5.41, 5.74) is 6.40. The summed E-state index contributed by atoms with van der Waals surface area (Å²) >= 11 is 0. The average Bonchev–Trinajstić information content (AvgIpc) is 3.05. The Labute approximate surface area is 202 Å². The molecule has 0 fully saturated rings. The zero-order valence-electron chi connectivity index (χ0n) is 21.7. The summed E-state index contributed by atoms with van der Waals surface area (Å²) in [7, 11) is 0. The van der Waals surface area contributed by atoms with Crippen molar-refractivity contribution in [2.75, 3.05) is 32.8 Å². The zero-order chi connectivity index (χ0) is 25.7. The van der Waals surface area contributed by atoms with Crippen LogP contribution in [-0.2, 0) is 20.9 Å². The first-order valence-corrected chi connectivity index (χ1v) is 12.0. The van der Waals surface area contributed by atoms with Crippen molar-refractivity contribution in [3.8, 4) is 5.75 Å². The highest BCUT2D eigenvalue weighted by Crippen LogP contribution is 2.34. The molecule has 1 heterocycles. The Morgan fingerprint density at radius 3 is 2.21 bits per heavy atom. The second-order valence-corrected chi connectivity index (χ2v) is 9.70. The van der Waals surface area contributed by atoms with Crippen molar-refractivity contribution in [2.45, 2.75) is 67.0 Å². The molecule has 2 aromatic rings. The van der Waals surface area contributed by atoms with Gasteiger partial charge in [-0.25, -0.2) is 4.79 Å². The first-order chi connectivity index (χ1) is 15.9. The molecule has 0 spiro atoms. The van der Waals surface area contributed by atoms with Gasteiger partial charge in [-0.2, -0.15) is 0 Å².